The molecule has 2 aromatic rings. The van der Waals surface area contributed by atoms with Gasteiger partial charge in [0.25, 0.3) is 0 Å². The van der Waals surface area contributed by atoms with Crippen LogP contribution in [0.25, 0.3) is 10.9 Å². The minimum atomic E-state index is 0.536. The highest BCUT2D eigenvalue weighted by atomic mass is 15.2. The Hall–Kier alpha value is -1.61. The fourth-order valence-electron chi connectivity index (χ4n) is 2.70. The second-order valence-electron chi connectivity index (χ2n) is 4.80. The average molecular weight is 257 g/mol. The third-order valence-corrected chi connectivity index (χ3v) is 3.69. The maximum Gasteiger partial charge on any atom is 0.0722 e. The Kier molecular flexibility index (Phi) is 4.74. The standard InChI is InChI=1S/C16H23N3/c1-3-13(4-2)19(12-10-17)16-9-11-18-15-8-6-5-7-14(15)16/h5-9,11,13H,3-4,10,12,17H2,1-2H3. The van der Waals surface area contributed by atoms with Gasteiger partial charge in [0.15, 0.2) is 0 Å². The predicted octanol–water partition coefficient (Wildman–Crippen LogP) is 3.19. The van der Waals surface area contributed by atoms with Crippen molar-refractivity contribution < 1.29 is 0 Å². The summed E-state index contributed by atoms with van der Waals surface area (Å²) >= 11 is 0. The van der Waals surface area contributed by atoms with Crippen LogP contribution in [0.5, 0.6) is 0 Å². The fourth-order valence-corrected chi connectivity index (χ4v) is 2.70. The van der Waals surface area contributed by atoms with Crippen LogP contribution in [0.4, 0.5) is 5.69 Å². The van der Waals surface area contributed by atoms with Gasteiger partial charge in [0.1, 0.15) is 0 Å². The number of nitrogens with two attached hydrogens (primary N) is 1. The lowest BCUT2D eigenvalue weighted by atomic mass is 10.1. The van der Waals surface area contributed by atoms with Crippen LogP contribution >= 0.6 is 0 Å². The predicted molar refractivity (Wildman–Crippen MR) is 82.5 cm³/mol. The average Bonchev–Trinajstić information content (AvgIpc) is 2.47. The fraction of sp³-hybridized carbons (Fsp3) is 0.438. The van der Waals surface area contributed by atoms with Crippen LogP contribution in [-0.2, 0) is 0 Å². The van der Waals surface area contributed by atoms with Gasteiger partial charge in [-0.1, -0.05) is 32.0 Å². The lowest BCUT2D eigenvalue weighted by Crippen LogP contribution is -2.38. The van der Waals surface area contributed by atoms with Crippen LogP contribution < -0.4 is 10.6 Å². The summed E-state index contributed by atoms with van der Waals surface area (Å²) in [6.45, 7) is 6.04. The van der Waals surface area contributed by atoms with E-state index in [9.17, 15) is 0 Å². The van der Waals surface area contributed by atoms with E-state index in [1.165, 1.54) is 11.1 Å². The Balaban J connectivity index is 2.49. The lowest BCUT2D eigenvalue weighted by Gasteiger charge is -2.33. The largest absolute Gasteiger partial charge is 0.367 e. The van der Waals surface area contributed by atoms with Crippen molar-refractivity contribution in [2.75, 3.05) is 18.0 Å². The van der Waals surface area contributed by atoms with Gasteiger partial charge >= 0.3 is 0 Å². The molecule has 3 heteroatoms. The normalized spacial score (nSPS) is 11.2. The summed E-state index contributed by atoms with van der Waals surface area (Å²) in [6, 6.07) is 10.9. The molecule has 19 heavy (non-hydrogen) atoms. The molecule has 3 nitrogen and oxygen atoms in total. The van der Waals surface area contributed by atoms with E-state index in [0.717, 1.165) is 24.9 Å². The molecule has 0 bridgehead atoms. The molecule has 2 N–H and O–H groups in total. The van der Waals surface area contributed by atoms with Crippen LogP contribution in [0.3, 0.4) is 0 Å². The summed E-state index contributed by atoms with van der Waals surface area (Å²) in [6.07, 6.45) is 4.16. The van der Waals surface area contributed by atoms with Gasteiger partial charge in [-0.15, -0.1) is 0 Å². The van der Waals surface area contributed by atoms with E-state index < -0.39 is 0 Å². The number of anilines is 1. The maximum atomic E-state index is 5.80. The first-order valence-electron chi connectivity index (χ1n) is 7.12. The Morgan fingerprint density at radius 3 is 2.58 bits per heavy atom. The number of fused-ring (bicyclic) bond motifs is 1. The second-order valence-corrected chi connectivity index (χ2v) is 4.80. The van der Waals surface area contributed by atoms with Crippen LogP contribution in [0.2, 0.25) is 0 Å². The minimum absolute atomic E-state index is 0.536. The molecule has 0 amide bonds. The molecule has 1 aromatic carbocycles. The van der Waals surface area contributed by atoms with Crippen LogP contribution in [0, 0.1) is 0 Å². The molecule has 0 saturated heterocycles. The lowest BCUT2D eigenvalue weighted by molar-refractivity contribution is 0.560. The van der Waals surface area contributed by atoms with Gasteiger partial charge in [0.2, 0.25) is 0 Å². The van der Waals surface area contributed by atoms with E-state index in [1.807, 2.05) is 12.3 Å². The van der Waals surface area contributed by atoms with Gasteiger partial charge in [-0.3, -0.25) is 4.98 Å². The zero-order chi connectivity index (χ0) is 13.7. The summed E-state index contributed by atoms with van der Waals surface area (Å²) < 4.78 is 0. The number of para-hydroxylation sites is 1. The summed E-state index contributed by atoms with van der Waals surface area (Å²) in [7, 11) is 0. The van der Waals surface area contributed by atoms with Crippen molar-refractivity contribution in [3.8, 4) is 0 Å². The number of rotatable bonds is 6. The van der Waals surface area contributed by atoms with E-state index >= 15 is 0 Å². The first kappa shape index (κ1) is 13.8. The number of benzene rings is 1. The van der Waals surface area contributed by atoms with E-state index in [1.54, 1.807) is 0 Å². The van der Waals surface area contributed by atoms with Gasteiger partial charge in [-0.05, 0) is 25.0 Å². The molecule has 0 saturated carbocycles. The summed E-state index contributed by atoms with van der Waals surface area (Å²) in [5, 5.41) is 1.21. The van der Waals surface area contributed by atoms with Gasteiger partial charge in [0, 0.05) is 36.4 Å². The van der Waals surface area contributed by atoms with Gasteiger partial charge < -0.3 is 10.6 Å². The van der Waals surface area contributed by atoms with E-state index in [2.05, 4.69) is 48.0 Å². The molecule has 0 radical (unpaired) electrons. The number of hydrogen-bond donors (Lipinski definition) is 1. The van der Waals surface area contributed by atoms with Crippen molar-refractivity contribution in [3.63, 3.8) is 0 Å². The van der Waals surface area contributed by atoms with Crippen LogP contribution in [0.1, 0.15) is 26.7 Å². The Morgan fingerprint density at radius 1 is 1.16 bits per heavy atom. The Morgan fingerprint density at radius 2 is 1.89 bits per heavy atom. The maximum absolute atomic E-state index is 5.80. The van der Waals surface area contributed by atoms with Crippen molar-refractivity contribution in [3.05, 3.63) is 36.5 Å². The molecule has 1 aromatic heterocycles. The van der Waals surface area contributed by atoms with Crippen molar-refractivity contribution in [1.82, 2.24) is 4.98 Å². The molecule has 0 atom stereocenters. The molecule has 2 rings (SSSR count). The second kappa shape index (κ2) is 6.53. The first-order chi connectivity index (χ1) is 9.31. The van der Waals surface area contributed by atoms with Crippen molar-refractivity contribution >= 4 is 16.6 Å². The van der Waals surface area contributed by atoms with E-state index in [4.69, 9.17) is 5.73 Å². The zero-order valence-corrected chi connectivity index (χ0v) is 11.8. The summed E-state index contributed by atoms with van der Waals surface area (Å²) in [5.41, 5.74) is 8.10. The van der Waals surface area contributed by atoms with E-state index in [-0.39, 0.29) is 0 Å². The molecule has 1 heterocycles. The van der Waals surface area contributed by atoms with Gasteiger partial charge in [-0.2, -0.15) is 0 Å². The summed E-state index contributed by atoms with van der Waals surface area (Å²) in [5.74, 6) is 0. The summed E-state index contributed by atoms with van der Waals surface area (Å²) in [4.78, 5) is 6.87. The topological polar surface area (TPSA) is 42.1 Å². The van der Waals surface area contributed by atoms with Crippen molar-refractivity contribution in [2.45, 2.75) is 32.7 Å². The van der Waals surface area contributed by atoms with Gasteiger partial charge in [0.05, 0.1) is 5.52 Å². The number of aromatic nitrogens is 1. The molecule has 0 aliphatic heterocycles. The molecule has 0 spiro atoms. The number of hydrogen-bond acceptors (Lipinski definition) is 3. The third kappa shape index (κ3) is 2.87. The van der Waals surface area contributed by atoms with E-state index in [0.29, 0.717) is 12.6 Å². The van der Waals surface area contributed by atoms with Crippen LogP contribution in [-0.4, -0.2) is 24.1 Å². The molecular formula is C16H23N3. The number of nitrogens with zero attached hydrogens (tertiary/aromatic N) is 2. The highest BCUT2D eigenvalue weighted by molar-refractivity contribution is 5.91. The Labute approximate surface area is 115 Å². The molecule has 102 valence electrons. The highest BCUT2D eigenvalue weighted by Crippen LogP contribution is 2.27. The molecular weight excluding hydrogens is 234 g/mol. The first-order valence-corrected chi connectivity index (χ1v) is 7.12. The molecule has 0 aliphatic rings. The Bertz CT molecular complexity index is 515. The van der Waals surface area contributed by atoms with Gasteiger partial charge in [-0.25, -0.2) is 0 Å². The smallest absolute Gasteiger partial charge is 0.0722 e. The molecule has 0 fully saturated rings. The van der Waals surface area contributed by atoms with Crippen molar-refractivity contribution in [1.29, 1.82) is 0 Å². The third-order valence-electron chi connectivity index (χ3n) is 3.69. The monoisotopic (exact) mass is 257 g/mol. The molecule has 0 unspecified atom stereocenters. The highest BCUT2D eigenvalue weighted by Gasteiger charge is 2.17. The minimum Gasteiger partial charge on any atom is -0.367 e. The molecule has 0 aliphatic carbocycles. The van der Waals surface area contributed by atoms with Crippen molar-refractivity contribution in [2.24, 2.45) is 5.73 Å². The van der Waals surface area contributed by atoms with Crippen LogP contribution in [0.15, 0.2) is 36.5 Å². The number of pyridine rings is 1. The quantitative estimate of drug-likeness (QED) is 0.864. The SMILES string of the molecule is CCC(CC)N(CCN)c1ccnc2ccccc12. The zero-order valence-electron chi connectivity index (χ0n) is 11.8.